The van der Waals surface area contributed by atoms with Gasteiger partial charge in [0.1, 0.15) is 12.9 Å². The topological polar surface area (TPSA) is 89.8 Å². The summed E-state index contributed by atoms with van der Waals surface area (Å²) in [6.45, 7) is 0.0749. The van der Waals surface area contributed by atoms with Gasteiger partial charge >= 0.3 is 6.09 Å². The first-order valence-corrected chi connectivity index (χ1v) is 9.58. The van der Waals surface area contributed by atoms with Gasteiger partial charge in [-0.15, -0.1) is 0 Å². The van der Waals surface area contributed by atoms with Crippen molar-refractivity contribution in [3.05, 3.63) is 111 Å². The van der Waals surface area contributed by atoms with Crippen LogP contribution < -0.4 is 4.90 Å². The molecule has 0 unspecified atom stereocenters. The van der Waals surface area contributed by atoms with E-state index in [0.29, 0.717) is 28.7 Å². The molecule has 31 heavy (non-hydrogen) atoms. The van der Waals surface area contributed by atoms with Crippen LogP contribution in [0.15, 0.2) is 84.4 Å². The zero-order valence-electron chi connectivity index (χ0n) is 16.4. The summed E-state index contributed by atoms with van der Waals surface area (Å²) >= 11 is 0. The van der Waals surface area contributed by atoms with Crippen LogP contribution >= 0.6 is 0 Å². The fourth-order valence-corrected chi connectivity index (χ4v) is 3.59. The van der Waals surface area contributed by atoms with Gasteiger partial charge in [0.15, 0.2) is 0 Å². The maximum absolute atomic E-state index is 13.2. The molecular weight excluding hydrogens is 396 g/mol. The average Bonchev–Trinajstić information content (AvgIpc) is 2.82. The third-order valence-corrected chi connectivity index (χ3v) is 5.05. The van der Waals surface area contributed by atoms with Gasteiger partial charge in [0.2, 0.25) is 0 Å². The molecule has 1 atom stereocenters. The number of hydrogen-bond acceptors (Lipinski definition) is 5. The highest BCUT2D eigenvalue weighted by molar-refractivity contribution is 6.00. The van der Waals surface area contributed by atoms with Crippen LogP contribution in [0.5, 0.6) is 0 Å². The number of hydrogen-bond donors (Lipinski definition) is 0. The smallest absolute Gasteiger partial charge is 0.415 e. The molecule has 3 aromatic carbocycles. The minimum Gasteiger partial charge on any atom is -0.444 e. The molecule has 0 spiro atoms. The Labute approximate surface area is 178 Å². The summed E-state index contributed by atoms with van der Waals surface area (Å²) in [5.74, 6) is 0. The Balaban J connectivity index is 1.73. The highest BCUT2D eigenvalue weighted by atomic mass is 16.6. The van der Waals surface area contributed by atoms with Gasteiger partial charge < -0.3 is 4.74 Å². The lowest BCUT2D eigenvalue weighted by Crippen LogP contribution is -2.38. The van der Waals surface area contributed by atoms with Gasteiger partial charge in [0, 0.05) is 17.7 Å². The van der Waals surface area contributed by atoms with Gasteiger partial charge in [-0.25, -0.2) is 4.79 Å². The number of fused-ring (bicyclic) bond motifs is 1. The Hall–Kier alpha value is -4.26. The normalized spacial score (nSPS) is 14.9. The van der Waals surface area contributed by atoms with Crippen molar-refractivity contribution in [3.63, 3.8) is 0 Å². The largest absolute Gasteiger partial charge is 0.444 e. The molecule has 1 amide bonds. The van der Waals surface area contributed by atoms with Crippen molar-refractivity contribution >= 4 is 29.8 Å². The van der Waals surface area contributed by atoms with E-state index < -0.39 is 17.1 Å². The average molecular weight is 414 g/mol. The van der Waals surface area contributed by atoms with Crippen LogP contribution in [0.1, 0.15) is 22.7 Å². The second-order valence-electron chi connectivity index (χ2n) is 6.98. The molecule has 154 valence electrons. The number of rotatable bonds is 5. The van der Waals surface area contributed by atoms with Crippen molar-refractivity contribution in [3.8, 4) is 0 Å². The molecule has 1 aliphatic rings. The van der Waals surface area contributed by atoms with Gasteiger partial charge in [-0.3, -0.25) is 19.8 Å². The molecule has 0 aromatic heterocycles. The molecule has 0 aliphatic carbocycles. The van der Waals surface area contributed by atoms with Crippen LogP contribution in [0.2, 0.25) is 0 Å². The van der Waals surface area contributed by atoms with Crippen molar-refractivity contribution in [2.24, 2.45) is 0 Å². The summed E-state index contributed by atoms with van der Waals surface area (Å²) in [5.41, 5.74) is 2.97. The number of ether oxygens (including phenoxy) is 1. The van der Waals surface area contributed by atoms with Crippen molar-refractivity contribution in [2.45, 2.75) is 12.6 Å². The van der Waals surface area contributed by atoms with Crippen molar-refractivity contribution in [1.82, 2.24) is 0 Å². The van der Waals surface area contributed by atoms with Crippen molar-refractivity contribution < 1.29 is 19.2 Å². The van der Waals surface area contributed by atoms with Gasteiger partial charge in [0.05, 0.1) is 16.7 Å². The molecule has 0 bridgehead atoms. The highest BCUT2D eigenvalue weighted by Crippen LogP contribution is 2.41. The monoisotopic (exact) mass is 414 g/mol. The Morgan fingerprint density at radius 3 is 2.35 bits per heavy atom. The van der Waals surface area contributed by atoms with Crippen LogP contribution in [0, 0.1) is 10.1 Å². The molecule has 1 aliphatic heterocycles. The predicted octanol–water partition coefficient (Wildman–Crippen LogP) is 5.08. The minimum atomic E-state index is -0.767. The zero-order valence-corrected chi connectivity index (χ0v) is 16.4. The molecule has 0 N–H and O–H groups in total. The number of para-hydroxylation sites is 1. The molecule has 1 heterocycles. The lowest BCUT2D eigenvalue weighted by atomic mass is 9.91. The van der Waals surface area contributed by atoms with E-state index in [1.807, 2.05) is 42.5 Å². The van der Waals surface area contributed by atoms with Gasteiger partial charge in [0.25, 0.3) is 5.69 Å². The molecule has 0 saturated heterocycles. The van der Waals surface area contributed by atoms with Gasteiger partial charge in [-0.1, -0.05) is 48.5 Å². The predicted molar refractivity (Wildman–Crippen MR) is 115 cm³/mol. The highest BCUT2D eigenvalue weighted by Gasteiger charge is 2.35. The first-order valence-electron chi connectivity index (χ1n) is 9.58. The molecule has 4 rings (SSSR count). The summed E-state index contributed by atoms with van der Waals surface area (Å²) in [6.07, 6.45) is 1.79. The van der Waals surface area contributed by atoms with E-state index in [4.69, 9.17) is 4.74 Å². The van der Waals surface area contributed by atoms with E-state index in [-0.39, 0.29) is 12.3 Å². The number of nitrogens with zero attached hydrogens (tertiary/aromatic N) is 2. The summed E-state index contributed by atoms with van der Waals surface area (Å²) in [6, 6.07) is 21.5. The lowest BCUT2D eigenvalue weighted by Gasteiger charge is -2.35. The quantitative estimate of drug-likeness (QED) is 0.330. The number of anilines is 1. The molecule has 3 aromatic rings. The Morgan fingerprint density at radius 2 is 1.68 bits per heavy atom. The first kappa shape index (κ1) is 20.0. The maximum Gasteiger partial charge on any atom is 0.415 e. The number of non-ortho nitro benzene ring substituents is 1. The Morgan fingerprint density at radius 1 is 1.00 bits per heavy atom. The standard InChI is InChI=1S/C24H18N2O5/c27-15-20-14-19-8-4-5-9-22(19)25(24(28)31-16-17-6-2-1-3-7-17)23(20)18-10-12-21(13-11-18)26(29)30/h1-15,23H,16H2/t23-/m1/s1. The number of benzene rings is 3. The number of aldehydes is 1. The Bertz CT molecular complexity index is 1160. The zero-order chi connectivity index (χ0) is 21.8. The molecular formula is C24H18N2O5. The van der Waals surface area contributed by atoms with E-state index >= 15 is 0 Å². The van der Waals surface area contributed by atoms with Crippen molar-refractivity contribution in [2.75, 3.05) is 4.90 Å². The van der Waals surface area contributed by atoms with E-state index in [0.717, 1.165) is 5.56 Å². The third kappa shape index (κ3) is 4.06. The SMILES string of the molecule is O=CC1=Cc2ccccc2N(C(=O)OCc2ccccc2)[C@@H]1c1ccc([N+](=O)[O-])cc1. The molecule has 0 saturated carbocycles. The fourth-order valence-electron chi connectivity index (χ4n) is 3.59. The van der Waals surface area contributed by atoms with Gasteiger partial charge in [-0.2, -0.15) is 0 Å². The van der Waals surface area contributed by atoms with E-state index in [1.54, 1.807) is 30.3 Å². The molecule has 7 nitrogen and oxygen atoms in total. The van der Waals surface area contributed by atoms with E-state index in [2.05, 4.69) is 0 Å². The van der Waals surface area contributed by atoms with Crippen LogP contribution in [-0.2, 0) is 16.1 Å². The molecule has 0 radical (unpaired) electrons. The molecule has 0 fully saturated rings. The number of carbonyl (C=O) groups is 2. The summed E-state index contributed by atoms with van der Waals surface area (Å²) in [7, 11) is 0. The third-order valence-electron chi connectivity index (χ3n) is 5.05. The second kappa shape index (κ2) is 8.62. The van der Waals surface area contributed by atoms with Gasteiger partial charge in [-0.05, 0) is 41.0 Å². The maximum atomic E-state index is 13.2. The summed E-state index contributed by atoms with van der Waals surface area (Å²) in [4.78, 5) is 37.1. The summed E-state index contributed by atoms with van der Waals surface area (Å²) in [5, 5.41) is 11.0. The van der Waals surface area contributed by atoms with E-state index in [9.17, 15) is 19.7 Å². The fraction of sp³-hybridized carbons (Fsp3) is 0.0833. The van der Waals surface area contributed by atoms with Crippen LogP contribution in [-0.4, -0.2) is 17.3 Å². The number of amides is 1. The van der Waals surface area contributed by atoms with Crippen LogP contribution in [0.25, 0.3) is 6.08 Å². The summed E-state index contributed by atoms with van der Waals surface area (Å²) < 4.78 is 5.57. The Kier molecular flexibility index (Phi) is 5.57. The first-order chi connectivity index (χ1) is 15.1. The molecule has 7 heteroatoms. The van der Waals surface area contributed by atoms with Crippen molar-refractivity contribution in [1.29, 1.82) is 0 Å². The van der Waals surface area contributed by atoms with Crippen LogP contribution in [0.4, 0.5) is 16.2 Å². The number of nitro groups is 1. The minimum absolute atomic E-state index is 0.0743. The number of carbonyl (C=O) groups excluding carboxylic acids is 2. The van der Waals surface area contributed by atoms with Crippen LogP contribution in [0.3, 0.4) is 0 Å². The second-order valence-corrected chi connectivity index (χ2v) is 6.98. The number of nitro benzene ring substituents is 1. The van der Waals surface area contributed by atoms with E-state index in [1.165, 1.54) is 17.0 Å². The lowest BCUT2D eigenvalue weighted by molar-refractivity contribution is -0.384.